The summed E-state index contributed by atoms with van der Waals surface area (Å²) < 4.78 is 5.55. The molecular formula is C14H22N2O. The fourth-order valence-electron chi connectivity index (χ4n) is 1.71. The van der Waals surface area contributed by atoms with E-state index in [1.165, 1.54) is 18.4 Å². The molecule has 0 aromatic heterocycles. The topological polar surface area (TPSA) is 47.3 Å². The fourth-order valence-corrected chi connectivity index (χ4v) is 1.71. The van der Waals surface area contributed by atoms with Crippen LogP contribution in [0.2, 0.25) is 0 Å². The van der Waals surface area contributed by atoms with Crippen molar-refractivity contribution in [2.24, 2.45) is 5.92 Å². The summed E-state index contributed by atoms with van der Waals surface area (Å²) in [4.78, 5) is 0. The Labute approximate surface area is 103 Å². The van der Waals surface area contributed by atoms with Gasteiger partial charge in [-0.25, -0.2) is 0 Å². The number of nitrogens with one attached hydrogen (secondary N) is 1. The van der Waals surface area contributed by atoms with E-state index in [-0.39, 0.29) is 0 Å². The summed E-state index contributed by atoms with van der Waals surface area (Å²) >= 11 is 0. The molecule has 0 atom stereocenters. The summed E-state index contributed by atoms with van der Waals surface area (Å²) in [5.74, 6) is 0.854. The molecule has 1 aliphatic carbocycles. The van der Waals surface area contributed by atoms with Crippen molar-refractivity contribution in [2.45, 2.75) is 26.3 Å². The molecule has 1 fully saturated rings. The average Bonchev–Trinajstić information content (AvgIpc) is 3.12. The van der Waals surface area contributed by atoms with Crippen LogP contribution in [-0.2, 0) is 11.3 Å². The zero-order chi connectivity index (χ0) is 12.1. The van der Waals surface area contributed by atoms with Crippen LogP contribution in [0.4, 0.5) is 5.69 Å². The second-order valence-corrected chi connectivity index (χ2v) is 4.89. The zero-order valence-electron chi connectivity index (χ0n) is 10.5. The van der Waals surface area contributed by atoms with Gasteiger partial charge in [-0.2, -0.15) is 0 Å². The molecule has 0 bridgehead atoms. The van der Waals surface area contributed by atoms with Gasteiger partial charge in [-0.05, 0) is 42.9 Å². The summed E-state index contributed by atoms with van der Waals surface area (Å²) in [5, 5.41) is 3.36. The predicted octanol–water partition coefficient (Wildman–Crippen LogP) is 2.09. The highest BCUT2D eigenvalue weighted by atomic mass is 16.5. The molecule has 1 saturated carbocycles. The molecule has 0 radical (unpaired) electrons. The number of aryl methyl sites for hydroxylation is 1. The smallest absolute Gasteiger partial charge is 0.0591 e. The Hall–Kier alpha value is -1.06. The van der Waals surface area contributed by atoms with E-state index >= 15 is 0 Å². The largest absolute Gasteiger partial charge is 0.399 e. The maximum absolute atomic E-state index is 5.86. The van der Waals surface area contributed by atoms with Crippen molar-refractivity contribution in [3.63, 3.8) is 0 Å². The minimum atomic E-state index is 0.803. The van der Waals surface area contributed by atoms with E-state index in [9.17, 15) is 0 Å². The first-order valence-corrected chi connectivity index (χ1v) is 6.39. The highest BCUT2D eigenvalue weighted by Crippen LogP contribution is 2.28. The lowest BCUT2D eigenvalue weighted by Crippen LogP contribution is -2.19. The van der Waals surface area contributed by atoms with Crippen LogP contribution in [0, 0.1) is 12.8 Å². The Bertz CT molecular complexity index is 361. The maximum atomic E-state index is 5.86. The highest BCUT2D eigenvalue weighted by molar-refractivity contribution is 5.48. The van der Waals surface area contributed by atoms with Crippen LogP contribution in [0.5, 0.6) is 0 Å². The van der Waals surface area contributed by atoms with Gasteiger partial charge in [0.2, 0.25) is 0 Å². The number of benzene rings is 1. The number of hydrogen-bond donors (Lipinski definition) is 2. The Morgan fingerprint density at radius 1 is 1.41 bits per heavy atom. The lowest BCUT2D eigenvalue weighted by Gasteiger charge is -2.07. The van der Waals surface area contributed by atoms with E-state index in [0.717, 1.165) is 43.5 Å². The van der Waals surface area contributed by atoms with Gasteiger partial charge in [0.15, 0.2) is 0 Å². The van der Waals surface area contributed by atoms with Gasteiger partial charge in [-0.15, -0.1) is 0 Å². The van der Waals surface area contributed by atoms with Gasteiger partial charge >= 0.3 is 0 Å². The maximum Gasteiger partial charge on any atom is 0.0591 e. The fraction of sp³-hybridized carbons (Fsp3) is 0.571. The molecule has 3 heteroatoms. The van der Waals surface area contributed by atoms with Gasteiger partial charge in [-0.1, -0.05) is 12.1 Å². The second kappa shape index (κ2) is 6.03. The molecule has 0 unspecified atom stereocenters. The Balaban J connectivity index is 1.58. The highest BCUT2D eigenvalue weighted by Gasteiger charge is 2.20. The molecule has 0 spiro atoms. The van der Waals surface area contributed by atoms with Crippen LogP contribution in [0.1, 0.15) is 24.0 Å². The van der Waals surface area contributed by atoms with Crippen LogP contribution < -0.4 is 11.1 Å². The molecule has 94 valence electrons. The number of nitrogen functional groups attached to an aromatic ring is 1. The van der Waals surface area contributed by atoms with Crippen LogP contribution in [0.3, 0.4) is 0 Å². The summed E-state index contributed by atoms with van der Waals surface area (Å²) in [6.45, 7) is 5.53. The molecule has 0 amide bonds. The quantitative estimate of drug-likeness (QED) is 0.561. The second-order valence-electron chi connectivity index (χ2n) is 4.89. The molecule has 1 aliphatic rings. The average molecular weight is 234 g/mol. The van der Waals surface area contributed by atoms with Crippen molar-refractivity contribution in [1.82, 2.24) is 5.32 Å². The number of anilines is 1. The van der Waals surface area contributed by atoms with E-state index in [1.54, 1.807) is 0 Å². The van der Waals surface area contributed by atoms with Crippen LogP contribution in [0.25, 0.3) is 0 Å². The molecule has 0 saturated heterocycles. The third-order valence-corrected chi connectivity index (χ3v) is 3.15. The number of nitrogens with two attached hydrogens (primary N) is 1. The lowest BCUT2D eigenvalue weighted by atomic mass is 10.1. The summed E-state index contributed by atoms with van der Waals surface area (Å²) in [5.41, 5.74) is 9.10. The SMILES string of the molecule is Cc1ccc(CNCCOCC2CC2)cc1N. The summed E-state index contributed by atoms with van der Waals surface area (Å²) in [6.07, 6.45) is 2.71. The van der Waals surface area contributed by atoms with Gasteiger partial charge in [0.1, 0.15) is 0 Å². The van der Waals surface area contributed by atoms with E-state index in [1.807, 2.05) is 13.0 Å². The van der Waals surface area contributed by atoms with Crippen molar-refractivity contribution < 1.29 is 4.74 Å². The van der Waals surface area contributed by atoms with E-state index < -0.39 is 0 Å². The Morgan fingerprint density at radius 3 is 2.94 bits per heavy atom. The first kappa shape index (κ1) is 12.4. The van der Waals surface area contributed by atoms with E-state index in [4.69, 9.17) is 10.5 Å². The minimum absolute atomic E-state index is 0.803. The van der Waals surface area contributed by atoms with Crippen molar-refractivity contribution in [2.75, 3.05) is 25.5 Å². The van der Waals surface area contributed by atoms with Crippen LogP contribution >= 0.6 is 0 Å². The Morgan fingerprint density at radius 2 is 2.24 bits per heavy atom. The lowest BCUT2D eigenvalue weighted by molar-refractivity contribution is 0.126. The molecule has 3 nitrogen and oxygen atoms in total. The number of hydrogen-bond acceptors (Lipinski definition) is 3. The van der Waals surface area contributed by atoms with Crippen LogP contribution in [-0.4, -0.2) is 19.8 Å². The van der Waals surface area contributed by atoms with Gasteiger partial charge in [-0.3, -0.25) is 0 Å². The first-order chi connectivity index (χ1) is 8.25. The van der Waals surface area contributed by atoms with Gasteiger partial charge in [0, 0.05) is 25.4 Å². The van der Waals surface area contributed by atoms with Gasteiger partial charge in [0.05, 0.1) is 6.61 Å². The molecular weight excluding hydrogens is 212 g/mol. The standard InChI is InChI=1S/C14H22N2O/c1-11-2-3-13(8-14(11)15)9-16-6-7-17-10-12-4-5-12/h2-3,8,12,16H,4-7,9-10,15H2,1H3. The Kier molecular flexibility index (Phi) is 4.40. The van der Waals surface area contributed by atoms with Crippen molar-refractivity contribution >= 4 is 5.69 Å². The monoisotopic (exact) mass is 234 g/mol. The zero-order valence-corrected chi connectivity index (χ0v) is 10.5. The molecule has 2 rings (SSSR count). The van der Waals surface area contributed by atoms with Crippen LogP contribution in [0.15, 0.2) is 18.2 Å². The predicted molar refractivity (Wildman–Crippen MR) is 70.8 cm³/mol. The van der Waals surface area contributed by atoms with Gasteiger partial charge < -0.3 is 15.8 Å². The molecule has 17 heavy (non-hydrogen) atoms. The minimum Gasteiger partial charge on any atom is -0.399 e. The number of rotatable bonds is 7. The van der Waals surface area contributed by atoms with Gasteiger partial charge in [0.25, 0.3) is 0 Å². The molecule has 1 aromatic carbocycles. The molecule has 0 aliphatic heterocycles. The number of ether oxygens (including phenoxy) is 1. The molecule has 0 heterocycles. The van der Waals surface area contributed by atoms with Crippen molar-refractivity contribution in [3.05, 3.63) is 29.3 Å². The summed E-state index contributed by atoms with van der Waals surface area (Å²) in [7, 11) is 0. The van der Waals surface area contributed by atoms with E-state index in [0.29, 0.717) is 0 Å². The van der Waals surface area contributed by atoms with Crippen molar-refractivity contribution in [1.29, 1.82) is 0 Å². The third-order valence-electron chi connectivity index (χ3n) is 3.15. The normalized spacial score (nSPS) is 15.1. The van der Waals surface area contributed by atoms with E-state index in [2.05, 4.69) is 17.4 Å². The molecule has 3 N–H and O–H groups in total. The first-order valence-electron chi connectivity index (χ1n) is 6.39. The molecule has 1 aromatic rings. The van der Waals surface area contributed by atoms with Crippen molar-refractivity contribution in [3.8, 4) is 0 Å². The third kappa shape index (κ3) is 4.36. The summed E-state index contributed by atoms with van der Waals surface area (Å²) in [6, 6.07) is 6.22.